The summed E-state index contributed by atoms with van der Waals surface area (Å²) in [5, 5.41) is 12.4. The van der Waals surface area contributed by atoms with E-state index in [9.17, 15) is 14.7 Å². The van der Waals surface area contributed by atoms with Crippen LogP contribution in [0.4, 0.5) is 4.79 Å². The molecule has 0 saturated heterocycles. The van der Waals surface area contributed by atoms with E-state index in [1.54, 1.807) is 13.8 Å². The first-order valence-electron chi connectivity index (χ1n) is 8.59. The molecular formula is C19H30N2O3. The Kier molecular flexibility index (Phi) is 7.26. The van der Waals surface area contributed by atoms with Crippen molar-refractivity contribution in [3.63, 3.8) is 0 Å². The van der Waals surface area contributed by atoms with Gasteiger partial charge in [0.05, 0.1) is 6.04 Å². The van der Waals surface area contributed by atoms with Crippen LogP contribution in [0.1, 0.15) is 58.7 Å². The molecule has 0 spiro atoms. The van der Waals surface area contributed by atoms with Crippen molar-refractivity contribution in [2.24, 2.45) is 5.92 Å². The molecule has 1 rings (SSSR count). The van der Waals surface area contributed by atoms with Gasteiger partial charge in [0.25, 0.3) is 0 Å². The minimum atomic E-state index is -1.07. The van der Waals surface area contributed by atoms with Gasteiger partial charge in [-0.1, -0.05) is 45.0 Å². The quantitative estimate of drug-likeness (QED) is 0.796. The number of hydrogen-bond acceptors (Lipinski definition) is 2. The number of carbonyl (C=O) groups excluding carboxylic acids is 1. The van der Waals surface area contributed by atoms with Crippen LogP contribution >= 0.6 is 0 Å². The van der Waals surface area contributed by atoms with Crippen molar-refractivity contribution in [2.45, 2.75) is 66.1 Å². The van der Waals surface area contributed by atoms with Crippen LogP contribution < -0.4 is 5.32 Å². The van der Waals surface area contributed by atoms with Crippen molar-refractivity contribution in [2.75, 3.05) is 0 Å². The maximum Gasteiger partial charge on any atom is 0.408 e. The largest absolute Gasteiger partial charge is 0.465 e. The van der Waals surface area contributed by atoms with Crippen LogP contribution in [-0.2, 0) is 11.2 Å². The van der Waals surface area contributed by atoms with Gasteiger partial charge >= 0.3 is 6.09 Å². The smallest absolute Gasteiger partial charge is 0.408 e. The number of amides is 2. The van der Waals surface area contributed by atoms with Gasteiger partial charge < -0.3 is 10.4 Å². The molecule has 0 aliphatic rings. The van der Waals surface area contributed by atoms with Crippen molar-refractivity contribution < 1.29 is 14.7 Å². The highest BCUT2D eigenvalue weighted by molar-refractivity contribution is 5.86. The fourth-order valence-corrected chi connectivity index (χ4v) is 2.84. The first-order valence-corrected chi connectivity index (χ1v) is 8.59. The predicted octanol–water partition coefficient (Wildman–Crippen LogP) is 3.84. The number of benzene rings is 1. The summed E-state index contributed by atoms with van der Waals surface area (Å²) >= 11 is 0. The Hall–Kier alpha value is -2.04. The summed E-state index contributed by atoms with van der Waals surface area (Å²) in [4.78, 5) is 25.5. The van der Waals surface area contributed by atoms with Crippen molar-refractivity contribution in [3.05, 3.63) is 35.4 Å². The summed E-state index contributed by atoms with van der Waals surface area (Å²) in [5.74, 6) is -0.369. The van der Waals surface area contributed by atoms with Crippen LogP contribution in [0.3, 0.4) is 0 Å². The van der Waals surface area contributed by atoms with Crippen LogP contribution in [0.2, 0.25) is 0 Å². The van der Waals surface area contributed by atoms with Crippen LogP contribution in [0.5, 0.6) is 0 Å². The average Bonchev–Trinajstić information content (AvgIpc) is 2.51. The van der Waals surface area contributed by atoms with Gasteiger partial charge in [0.1, 0.15) is 6.04 Å². The van der Waals surface area contributed by atoms with Crippen LogP contribution in [-0.4, -0.2) is 34.1 Å². The van der Waals surface area contributed by atoms with E-state index in [1.807, 2.05) is 32.9 Å². The fourth-order valence-electron chi connectivity index (χ4n) is 2.84. The van der Waals surface area contributed by atoms with E-state index in [0.717, 1.165) is 12.0 Å². The first-order chi connectivity index (χ1) is 11.2. The predicted molar refractivity (Wildman–Crippen MR) is 96.0 cm³/mol. The van der Waals surface area contributed by atoms with Gasteiger partial charge in [-0.2, -0.15) is 0 Å². The maximum absolute atomic E-state index is 12.7. The van der Waals surface area contributed by atoms with Gasteiger partial charge in [-0.25, -0.2) is 4.79 Å². The number of hydrogen-bond donors (Lipinski definition) is 2. The van der Waals surface area contributed by atoms with Crippen molar-refractivity contribution >= 4 is 12.0 Å². The standard InChI is InChI=1S/C19H30N2O3/c1-7-15-8-10-16(11-9-15)14(6)20-18(22)17(12(2)3)21(13(4)5)19(23)24/h8-14,17H,7H2,1-6H3,(H,20,22)(H,23,24). The Balaban J connectivity index is 2.92. The van der Waals surface area contributed by atoms with Crippen LogP contribution in [0, 0.1) is 5.92 Å². The lowest BCUT2D eigenvalue weighted by Crippen LogP contribution is -2.54. The highest BCUT2D eigenvalue weighted by Gasteiger charge is 2.34. The molecule has 2 amide bonds. The topological polar surface area (TPSA) is 69.6 Å². The lowest BCUT2D eigenvalue weighted by molar-refractivity contribution is -0.128. The third-order valence-electron chi connectivity index (χ3n) is 4.22. The Morgan fingerprint density at radius 2 is 1.62 bits per heavy atom. The molecule has 0 radical (unpaired) electrons. The molecule has 0 saturated carbocycles. The van der Waals surface area contributed by atoms with Crippen molar-refractivity contribution in [1.29, 1.82) is 0 Å². The molecule has 134 valence electrons. The Labute approximate surface area is 145 Å². The molecule has 0 bridgehead atoms. The van der Waals surface area contributed by atoms with Gasteiger partial charge in [0.2, 0.25) is 5.91 Å². The number of nitrogens with one attached hydrogen (secondary N) is 1. The summed E-state index contributed by atoms with van der Waals surface area (Å²) in [6.45, 7) is 11.3. The van der Waals surface area contributed by atoms with Gasteiger partial charge in [0.15, 0.2) is 0 Å². The number of nitrogens with zero attached hydrogens (tertiary/aromatic N) is 1. The molecule has 0 aromatic heterocycles. The minimum absolute atomic E-state index is 0.113. The molecule has 2 unspecified atom stereocenters. The SMILES string of the molecule is CCc1ccc(C(C)NC(=O)C(C(C)C)N(C(=O)O)C(C)C)cc1. The summed E-state index contributed by atoms with van der Waals surface area (Å²) in [6.07, 6.45) is -0.0999. The fraction of sp³-hybridized carbons (Fsp3) is 0.579. The van der Waals surface area contributed by atoms with Gasteiger partial charge in [0, 0.05) is 6.04 Å². The number of rotatable bonds is 7. The highest BCUT2D eigenvalue weighted by atomic mass is 16.4. The van der Waals surface area contributed by atoms with Crippen molar-refractivity contribution in [1.82, 2.24) is 10.2 Å². The number of carbonyl (C=O) groups is 2. The molecule has 2 atom stereocenters. The molecule has 0 heterocycles. The number of aryl methyl sites for hydroxylation is 1. The zero-order valence-electron chi connectivity index (χ0n) is 15.5. The van der Waals surface area contributed by atoms with Crippen LogP contribution in [0.25, 0.3) is 0 Å². The second kappa shape index (κ2) is 8.71. The molecule has 5 nitrogen and oxygen atoms in total. The molecule has 24 heavy (non-hydrogen) atoms. The summed E-state index contributed by atoms with van der Waals surface area (Å²) < 4.78 is 0. The second-order valence-electron chi connectivity index (χ2n) is 6.80. The monoisotopic (exact) mass is 334 g/mol. The van der Waals surface area contributed by atoms with E-state index in [4.69, 9.17) is 0 Å². The lowest BCUT2D eigenvalue weighted by atomic mass is 9.99. The molecule has 2 N–H and O–H groups in total. The highest BCUT2D eigenvalue weighted by Crippen LogP contribution is 2.18. The van der Waals surface area contributed by atoms with Gasteiger partial charge in [-0.05, 0) is 44.2 Å². The first kappa shape index (κ1) is 20.0. The van der Waals surface area contributed by atoms with Crippen molar-refractivity contribution in [3.8, 4) is 0 Å². The zero-order chi connectivity index (χ0) is 18.4. The third kappa shape index (κ3) is 4.98. The normalized spacial score (nSPS) is 13.7. The van der Waals surface area contributed by atoms with Crippen LogP contribution in [0.15, 0.2) is 24.3 Å². The zero-order valence-corrected chi connectivity index (χ0v) is 15.5. The van der Waals surface area contributed by atoms with E-state index >= 15 is 0 Å². The molecule has 0 fully saturated rings. The molecular weight excluding hydrogens is 304 g/mol. The van der Waals surface area contributed by atoms with E-state index in [-0.39, 0.29) is 23.9 Å². The van der Waals surface area contributed by atoms with Gasteiger partial charge in [-0.15, -0.1) is 0 Å². The summed E-state index contributed by atoms with van der Waals surface area (Å²) in [5.41, 5.74) is 2.25. The third-order valence-corrected chi connectivity index (χ3v) is 4.22. The van der Waals surface area contributed by atoms with Gasteiger partial charge in [-0.3, -0.25) is 9.69 Å². The minimum Gasteiger partial charge on any atom is -0.465 e. The van der Waals surface area contributed by atoms with E-state index in [0.29, 0.717) is 0 Å². The molecule has 1 aromatic rings. The Bertz CT molecular complexity index is 552. The number of carboxylic acid groups (broad SMARTS) is 1. The van der Waals surface area contributed by atoms with E-state index in [2.05, 4.69) is 24.4 Å². The second-order valence-corrected chi connectivity index (χ2v) is 6.80. The molecule has 5 heteroatoms. The molecule has 1 aromatic carbocycles. The summed E-state index contributed by atoms with van der Waals surface area (Å²) in [6, 6.07) is 6.97. The Morgan fingerprint density at radius 3 is 2.00 bits per heavy atom. The molecule has 0 aliphatic carbocycles. The lowest BCUT2D eigenvalue weighted by Gasteiger charge is -2.34. The average molecular weight is 334 g/mol. The maximum atomic E-state index is 12.7. The Morgan fingerprint density at radius 1 is 1.08 bits per heavy atom. The van der Waals surface area contributed by atoms with E-state index in [1.165, 1.54) is 10.5 Å². The van der Waals surface area contributed by atoms with E-state index < -0.39 is 12.1 Å². The summed E-state index contributed by atoms with van der Waals surface area (Å²) in [7, 11) is 0. The molecule has 0 aliphatic heterocycles.